The topological polar surface area (TPSA) is 76.0 Å². The van der Waals surface area contributed by atoms with Gasteiger partial charge in [0.25, 0.3) is 5.91 Å². The number of nitrogens with one attached hydrogen (secondary N) is 2. The highest BCUT2D eigenvalue weighted by atomic mass is 32.2. The molecule has 0 saturated heterocycles. The summed E-state index contributed by atoms with van der Waals surface area (Å²) in [7, 11) is 0. The fraction of sp³-hybridized carbons (Fsp3) is 0.261. The summed E-state index contributed by atoms with van der Waals surface area (Å²) in [5.41, 5.74) is -2.43. The van der Waals surface area contributed by atoms with Gasteiger partial charge in [-0.25, -0.2) is 9.07 Å². The lowest BCUT2D eigenvalue weighted by Gasteiger charge is -2.15. The number of anilines is 1. The van der Waals surface area contributed by atoms with Crippen LogP contribution in [0, 0.1) is 5.82 Å². The Morgan fingerprint density at radius 2 is 1.57 bits per heavy atom. The number of amides is 2. The Hall–Kier alpha value is -3.55. The first kappa shape index (κ1) is 26.5. The number of carbonyl (C=O) groups is 2. The van der Waals surface area contributed by atoms with Gasteiger partial charge in [0.1, 0.15) is 18.2 Å². The summed E-state index contributed by atoms with van der Waals surface area (Å²) in [6.07, 6.45) is -10.2. The minimum absolute atomic E-state index is 0.00732. The van der Waals surface area contributed by atoms with Crippen molar-refractivity contribution in [2.45, 2.75) is 36.9 Å². The molecule has 0 aliphatic carbocycles. The van der Waals surface area contributed by atoms with Crippen molar-refractivity contribution in [3.63, 3.8) is 0 Å². The van der Waals surface area contributed by atoms with Gasteiger partial charge in [-0.3, -0.25) is 9.59 Å². The quantitative estimate of drug-likeness (QED) is 0.408. The summed E-state index contributed by atoms with van der Waals surface area (Å²) in [4.78, 5) is 25.3. The Bertz CT molecular complexity index is 1300. The second kappa shape index (κ2) is 10.1. The molecule has 1 aliphatic rings. The van der Waals surface area contributed by atoms with E-state index in [0.29, 0.717) is 40.5 Å². The SMILES string of the molecule is O=C(Cn1nc2c(c1NC(=O)c1cc(C(F)(F)F)cc(C(F)(F)F)c1)CSC2)NCc1ccc(F)cc1. The van der Waals surface area contributed by atoms with E-state index in [1.807, 2.05) is 0 Å². The fourth-order valence-electron chi connectivity index (χ4n) is 3.58. The van der Waals surface area contributed by atoms with Crippen molar-refractivity contribution in [3.8, 4) is 0 Å². The number of thioether (sulfide) groups is 1. The summed E-state index contributed by atoms with van der Waals surface area (Å²) in [5.74, 6) is -1.37. The van der Waals surface area contributed by atoms with E-state index in [2.05, 4.69) is 15.7 Å². The van der Waals surface area contributed by atoms with Crippen molar-refractivity contribution in [1.29, 1.82) is 0 Å². The minimum Gasteiger partial charge on any atom is -0.350 e. The lowest BCUT2D eigenvalue weighted by atomic mass is 10.0. The van der Waals surface area contributed by atoms with E-state index < -0.39 is 46.7 Å². The van der Waals surface area contributed by atoms with Gasteiger partial charge in [-0.1, -0.05) is 12.1 Å². The van der Waals surface area contributed by atoms with Crippen molar-refractivity contribution in [3.05, 3.63) is 81.8 Å². The maximum atomic E-state index is 13.2. The maximum Gasteiger partial charge on any atom is 0.416 e. The number of fused-ring (bicyclic) bond motifs is 1. The van der Waals surface area contributed by atoms with Crippen LogP contribution < -0.4 is 10.6 Å². The molecule has 196 valence electrons. The van der Waals surface area contributed by atoms with E-state index in [9.17, 15) is 40.3 Å². The van der Waals surface area contributed by atoms with Crippen LogP contribution in [0.3, 0.4) is 0 Å². The molecule has 6 nitrogen and oxygen atoms in total. The molecule has 0 atom stereocenters. The number of hydrogen-bond acceptors (Lipinski definition) is 4. The molecular weight excluding hydrogens is 529 g/mol. The zero-order chi connectivity index (χ0) is 27.0. The third-order valence-corrected chi connectivity index (χ3v) is 6.37. The van der Waals surface area contributed by atoms with Gasteiger partial charge in [0, 0.05) is 29.2 Å². The van der Waals surface area contributed by atoms with E-state index in [1.54, 1.807) is 0 Å². The van der Waals surface area contributed by atoms with Gasteiger partial charge in [0.2, 0.25) is 5.91 Å². The zero-order valence-corrected chi connectivity index (χ0v) is 19.5. The standard InChI is InChI=1S/C23H17F7N4O2S/c24-16-3-1-12(2-4-16)8-31-19(35)9-34-20(17-10-37-11-18(17)33-34)32-21(36)13-5-14(22(25,26)27)7-15(6-13)23(28,29)30/h1-7H,8-11H2,(H,31,35)(H,32,36). The number of rotatable bonds is 6. The molecule has 2 N–H and O–H groups in total. The normalized spacial score (nSPS) is 13.4. The van der Waals surface area contributed by atoms with Crippen molar-refractivity contribution >= 4 is 29.4 Å². The molecule has 3 aromatic rings. The Labute approximate surface area is 209 Å². The van der Waals surface area contributed by atoms with E-state index in [-0.39, 0.29) is 25.0 Å². The first-order valence-corrected chi connectivity index (χ1v) is 11.7. The molecule has 0 saturated carbocycles. The van der Waals surface area contributed by atoms with Crippen LogP contribution in [0.5, 0.6) is 0 Å². The van der Waals surface area contributed by atoms with E-state index in [1.165, 1.54) is 36.0 Å². The largest absolute Gasteiger partial charge is 0.416 e. The average Bonchev–Trinajstić information content (AvgIpc) is 3.39. The monoisotopic (exact) mass is 546 g/mol. The van der Waals surface area contributed by atoms with E-state index in [0.717, 1.165) is 4.68 Å². The van der Waals surface area contributed by atoms with Gasteiger partial charge in [-0.15, -0.1) is 0 Å². The van der Waals surface area contributed by atoms with Crippen LogP contribution in [0.25, 0.3) is 0 Å². The molecule has 2 heterocycles. The molecule has 0 spiro atoms. The predicted molar refractivity (Wildman–Crippen MR) is 120 cm³/mol. The minimum atomic E-state index is -5.11. The molecule has 1 aromatic heterocycles. The number of hydrogen-bond donors (Lipinski definition) is 2. The van der Waals surface area contributed by atoms with Gasteiger partial charge in [0.05, 0.1) is 16.8 Å². The fourth-order valence-corrected chi connectivity index (χ4v) is 4.62. The highest BCUT2D eigenvalue weighted by Gasteiger charge is 2.37. The number of benzene rings is 2. The number of nitrogens with zero attached hydrogens (tertiary/aromatic N) is 2. The van der Waals surface area contributed by atoms with Crippen LogP contribution in [0.1, 0.15) is 38.3 Å². The Morgan fingerprint density at radius 1 is 0.946 bits per heavy atom. The van der Waals surface area contributed by atoms with Crippen LogP contribution in [0.4, 0.5) is 36.6 Å². The third-order valence-electron chi connectivity index (χ3n) is 5.40. The number of aromatic nitrogens is 2. The molecule has 2 amide bonds. The lowest BCUT2D eigenvalue weighted by Crippen LogP contribution is -2.29. The molecule has 0 radical (unpaired) electrons. The first-order valence-electron chi connectivity index (χ1n) is 10.6. The average molecular weight is 546 g/mol. The van der Waals surface area contributed by atoms with Crippen LogP contribution >= 0.6 is 11.8 Å². The van der Waals surface area contributed by atoms with Crippen LogP contribution in [-0.2, 0) is 41.7 Å². The summed E-state index contributed by atoms with van der Waals surface area (Å²) in [6.45, 7) is -0.313. The van der Waals surface area contributed by atoms with E-state index in [4.69, 9.17) is 0 Å². The predicted octanol–water partition coefficient (Wildman–Crippen LogP) is 5.38. The van der Waals surface area contributed by atoms with Crippen molar-refractivity contribution < 1.29 is 40.3 Å². The van der Waals surface area contributed by atoms with Gasteiger partial charge in [-0.2, -0.15) is 43.2 Å². The lowest BCUT2D eigenvalue weighted by molar-refractivity contribution is -0.143. The van der Waals surface area contributed by atoms with E-state index >= 15 is 0 Å². The molecule has 1 aliphatic heterocycles. The highest BCUT2D eigenvalue weighted by Crippen LogP contribution is 2.38. The maximum absolute atomic E-state index is 13.2. The number of halogens is 7. The molecule has 4 rings (SSSR count). The zero-order valence-electron chi connectivity index (χ0n) is 18.6. The van der Waals surface area contributed by atoms with Crippen LogP contribution in [0.15, 0.2) is 42.5 Å². The van der Waals surface area contributed by atoms with Crippen molar-refractivity contribution in [1.82, 2.24) is 15.1 Å². The summed E-state index contributed by atoms with van der Waals surface area (Å²) in [6, 6.07) is 5.99. The Morgan fingerprint density at radius 3 is 2.16 bits per heavy atom. The smallest absolute Gasteiger partial charge is 0.350 e. The first-order chi connectivity index (χ1) is 17.3. The Kier molecular flexibility index (Phi) is 7.22. The molecule has 0 unspecified atom stereocenters. The van der Waals surface area contributed by atoms with Gasteiger partial charge < -0.3 is 10.6 Å². The van der Waals surface area contributed by atoms with Crippen molar-refractivity contribution in [2.24, 2.45) is 0 Å². The van der Waals surface area contributed by atoms with Gasteiger partial charge in [-0.05, 0) is 35.9 Å². The second-order valence-electron chi connectivity index (χ2n) is 8.08. The molecule has 14 heteroatoms. The summed E-state index contributed by atoms with van der Waals surface area (Å²) in [5, 5.41) is 9.21. The van der Waals surface area contributed by atoms with Crippen LogP contribution in [0.2, 0.25) is 0 Å². The molecule has 37 heavy (non-hydrogen) atoms. The van der Waals surface area contributed by atoms with Crippen molar-refractivity contribution in [2.75, 3.05) is 5.32 Å². The molecule has 2 aromatic carbocycles. The molecular formula is C23H17F7N4O2S. The molecule has 0 bridgehead atoms. The second-order valence-corrected chi connectivity index (χ2v) is 9.06. The highest BCUT2D eigenvalue weighted by molar-refractivity contribution is 7.98. The Balaban J connectivity index is 1.56. The number of alkyl halides is 6. The number of carbonyl (C=O) groups excluding carboxylic acids is 2. The summed E-state index contributed by atoms with van der Waals surface area (Å²) >= 11 is 1.44. The van der Waals surface area contributed by atoms with Gasteiger partial charge in [0.15, 0.2) is 0 Å². The molecule has 0 fully saturated rings. The summed E-state index contributed by atoms with van der Waals surface area (Å²) < 4.78 is 93.4. The van der Waals surface area contributed by atoms with Crippen LogP contribution in [-0.4, -0.2) is 21.6 Å². The van der Waals surface area contributed by atoms with Gasteiger partial charge >= 0.3 is 12.4 Å². The third kappa shape index (κ3) is 6.24.